The van der Waals surface area contributed by atoms with E-state index in [1.165, 1.54) is 18.1 Å². The molecule has 0 saturated carbocycles. The SMILES string of the molecule is COC(=O)C(=C=O)C(=O)c1ccccc1. The number of ether oxygens (including phenoxy) is 1. The smallest absolute Gasteiger partial charge is 0.353 e. The molecule has 1 rings (SSSR count). The number of rotatable bonds is 3. The summed E-state index contributed by atoms with van der Waals surface area (Å²) in [6.45, 7) is 0. The van der Waals surface area contributed by atoms with E-state index in [1.807, 2.05) is 0 Å². The first-order valence-electron chi connectivity index (χ1n) is 4.14. The van der Waals surface area contributed by atoms with Crippen LogP contribution in [-0.4, -0.2) is 24.8 Å². The van der Waals surface area contributed by atoms with Crippen LogP contribution in [0.15, 0.2) is 35.9 Å². The molecule has 0 bridgehead atoms. The third-order valence-electron chi connectivity index (χ3n) is 1.75. The van der Waals surface area contributed by atoms with E-state index in [9.17, 15) is 14.4 Å². The summed E-state index contributed by atoms with van der Waals surface area (Å²) in [5.41, 5.74) is -0.370. The molecule has 0 aliphatic rings. The number of carbonyl (C=O) groups is 2. The van der Waals surface area contributed by atoms with Crippen LogP contribution in [0.25, 0.3) is 0 Å². The first-order chi connectivity index (χ1) is 7.20. The molecule has 0 radical (unpaired) electrons. The van der Waals surface area contributed by atoms with Crippen molar-refractivity contribution in [2.45, 2.75) is 0 Å². The quantitative estimate of drug-likeness (QED) is 0.182. The highest BCUT2D eigenvalue weighted by Crippen LogP contribution is 2.06. The van der Waals surface area contributed by atoms with Gasteiger partial charge < -0.3 is 4.74 Å². The van der Waals surface area contributed by atoms with Crippen LogP contribution in [-0.2, 0) is 14.3 Å². The number of esters is 1. The average Bonchev–Trinajstić information content (AvgIpc) is 2.30. The molecule has 76 valence electrons. The van der Waals surface area contributed by atoms with E-state index in [4.69, 9.17) is 0 Å². The Balaban J connectivity index is 3.05. The van der Waals surface area contributed by atoms with Crippen molar-refractivity contribution in [3.63, 3.8) is 0 Å². The van der Waals surface area contributed by atoms with Gasteiger partial charge in [0.05, 0.1) is 7.11 Å². The van der Waals surface area contributed by atoms with Gasteiger partial charge in [0, 0.05) is 5.56 Å². The average molecular weight is 204 g/mol. The minimum Gasteiger partial charge on any atom is -0.465 e. The fourth-order valence-corrected chi connectivity index (χ4v) is 1.02. The molecule has 0 heterocycles. The summed E-state index contributed by atoms with van der Waals surface area (Å²) in [5.74, 6) is -0.363. The Morgan fingerprint density at radius 1 is 1.20 bits per heavy atom. The predicted molar refractivity (Wildman–Crippen MR) is 52.0 cm³/mol. The predicted octanol–water partition coefficient (Wildman–Crippen LogP) is 0.800. The molecule has 0 N–H and O–H groups in total. The van der Waals surface area contributed by atoms with Crippen LogP contribution < -0.4 is 0 Å². The highest BCUT2D eigenvalue weighted by Gasteiger charge is 2.21. The lowest BCUT2D eigenvalue weighted by molar-refractivity contribution is -0.135. The van der Waals surface area contributed by atoms with Crippen molar-refractivity contribution in [1.29, 1.82) is 0 Å². The van der Waals surface area contributed by atoms with Crippen molar-refractivity contribution in [2.75, 3.05) is 7.11 Å². The molecule has 1 aromatic carbocycles. The van der Waals surface area contributed by atoms with Crippen molar-refractivity contribution >= 4 is 17.7 Å². The number of benzene rings is 1. The van der Waals surface area contributed by atoms with Gasteiger partial charge >= 0.3 is 5.97 Å². The molecule has 0 fully saturated rings. The maximum atomic E-state index is 11.6. The second kappa shape index (κ2) is 4.88. The molecule has 0 atom stereocenters. The Bertz CT molecular complexity index is 427. The monoisotopic (exact) mass is 204 g/mol. The van der Waals surface area contributed by atoms with Crippen LogP contribution in [0.3, 0.4) is 0 Å². The van der Waals surface area contributed by atoms with Gasteiger partial charge in [-0.05, 0) is 0 Å². The van der Waals surface area contributed by atoms with Crippen molar-refractivity contribution in [2.24, 2.45) is 0 Å². The van der Waals surface area contributed by atoms with E-state index >= 15 is 0 Å². The first-order valence-corrected chi connectivity index (χ1v) is 4.14. The molecule has 0 saturated heterocycles. The van der Waals surface area contributed by atoms with Crippen LogP contribution in [0.5, 0.6) is 0 Å². The number of carbonyl (C=O) groups excluding carboxylic acids is 3. The molecule has 0 unspecified atom stereocenters. The van der Waals surface area contributed by atoms with E-state index in [-0.39, 0.29) is 5.56 Å². The maximum absolute atomic E-state index is 11.6. The van der Waals surface area contributed by atoms with Crippen LogP contribution in [0, 0.1) is 0 Å². The first kappa shape index (κ1) is 10.9. The van der Waals surface area contributed by atoms with E-state index in [2.05, 4.69) is 4.74 Å². The number of methoxy groups -OCH3 is 1. The molecular weight excluding hydrogens is 196 g/mol. The standard InChI is InChI=1S/C11H8O4/c1-15-11(14)9(7-12)10(13)8-5-3-2-4-6-8/h2-6H,1H3. The molecule has 0 aliphatic heterocycles. The van der Waals surface area contributed by atoms with Crippen LogP contribution in [0.1, 0.15) is 10.4 Å². The van der Waals surface area contributed by atoms with E-state index in [0.29, 0.717) is 0 Å². The van der Waals surface area contributed by atoms with Crippen molar-refractivity contribution in [3.05, 3.63) is 41.5 Å². The Morgan fingerprint density at radius 2 is 1.80 bits per heavy atom. The topological polar surface area (TPSA) is 60.4 Å². The van der Waals surface area contributed by atoms with Crippen LogP contribution in [0.2, 0.25) is 0 Å². The summed E-state index contributed by atoms with van der Waals surface area (Å²) in [4.78, 5) is 33.0. The molecule has 4 nitrogen and oxygen atoms in total. The lowest BCUT2D eigenvalue weighted by Crippen LogP contribution is -2.15. The summed E-state index contributed by atoms with van der Waals surface area (Å²) in [6, 6.07) is 7.99. The van der Waals surface area contributed by atoms with Crippen LogP contribution in [0.4, 0.5) is 0 Å². The van der Waals surface area contributed by atoms with E-state index < -0.39 is 17.3 Å². The van der Waals surface area contributed by atoms with Gasteiger partial charge in [-0.25, -0.2) is 9.59 Å². The van der Waals surface area contributed by atoms with Gasteiger partial charge in [-0.15, -0.1) is 0 Å². The third kappa shape index (κ3) is 2.39. The second-order valence-corrected chi connectivity index (χ2v) is 2.66. The summed E-state index contributed by atoms with van der Waals surface area (Å²) in [7, 11) is 1.10. The molecule has 15 heavy (non-hydrogen) atoms. The van der Waals surface area contributed by atoms with Crippen molar-refractivity contribution in [1.82, 2.24) is 0 Å². The molecular formula is C11H8O4. The summed E-state index contributed by atoms with van der Waals surface area (Å²) < 4.78 is 4.29. The third-order valence-corrected chi connectivity index (χ3v) is 1.75. The number of ketones is 1. The molecule has 0 spiro atoms. The number of hydrogen-bond donors (Lipinski definition) is 0. The van der Waals surface area contributed by atoms with Gasteiger partial charge in [-0.2, -0.15) is 0 Å². The fourth-order valence-electron chi connectivity index (χ4n) is 1.02. The van der Waals surface area contributed by atoms with Gasteiger partial charge in [0.2, 0.25) is 5.78 Å². The normalized spacial score (nSPS) is 8.87. The number of hydrogen-bond acceptors (Lipinski definition) is 4. The van der Waals surface area contributed by atoms with Gasteiger partial charge in [-0.3, -0.25) is 4.79 Å². The molecule has 1 aromatic rings. The lowest BCUT2D eigenvalue weighted by atomic mass is 10.1. The lowest BCUT2D eigenvalue weighted by Gasteiger charge is -1.99. The van der Waals surface area contributed by atoms with Gasteiger partial charge in [0.15, 0.2) is 5.57 Å². The van der Waals surface area contributed by atoms with Gasteiger partial charge in [0.1, 0.15) is 5.94 Å². The zero-order valence-corrected chi connectivity index (χ0v) is 8.02. The minimum absolute atomic E-state index is 0.251. The van der Waals surface area contributed by atoms with E-state index in [0.717, 1.165) is 7.11 Å². The Morgan fingerprint density at radius 3 is 2.27 bits per heavy atom. The largest absolute Gasteiger partial charge is 0.465 e. The van der Waals surface area contributed by atoms with Crippen LogP contribution >= 0.6 is 0 Å². The zero-order valence-electron chi connectivity index (χ0n) is 8.02. The Kier molecular flexibility index (Phi) is 3.55. The van der Waals surface area contributed by atoms with Crippen molar-refractivity contribution in [3.8, 4) is 0 Å². The van der Waals surface area contributed by atoms with Gasteiger partial charge in [-0.1, -0.05) is 30.3 Å². The summed E-state index contributed by atoms with van der Waals surface area (Å²) >= 11 is 0. The Hall–Kier alpha value is -2.19. The Labute approximate surface area is 86.2 Å². The van der Waals surface area contributed by atoms with E-state index in [1.54, 1.807) is 18.2 Å². The molecule has 0 amide bonds. The highest BCUT2D eigenvalue weighted by atomic mass is 16.5. The summed E-state index contributed by atoms with van der Waals surface area (Å²) in [6.07, 6.45) is 0. The van der Waals surface area contributed by atoms with Crippen molar-refractivity contribution < 1.29 is 19.1 Å². The highest BCUT2D eigenvalue weighted by molar-refractivity contribution is 6.28. The number of Topliss-reactive ketones (excluding diaryl/α,β-unsaturated/α-hetero) is 1. The minimum atomic E-state index is -0.973. The molecule has 4 heteroatoms. The zero-order chi connectivity index (χ0) is 11.3. The molecule has 0 aliphatic carbocycles. The second-order valence-electron chi connectivity index (χ2n) is 2.66. The molecule has 0 aromatic heterocycles. The fraction of sp³-hybridized carbons (Fsp3) is 0.0909. The van der Waals surface area contributed by atoms with Gasteiger partial charge in [0.25, 0.3) is 0 Å². The summed E-state index contributed by atoms with van der Waals surface area (Å²) in [5, 5.41) is 0. The maximum Gasteiger partial charge on any atom is 0.353 e.